The van der Waals surface area contributed by atoms with Gasteiger partial charge in [0.1, 0.15) is 0 Å². The summed E-state index contributed by atoms with van der Waals surface area (Å²) in [4.78, 5) is 5.02. The van der Waals surface area contributed by atoms with Crippen molar-refractivity contribution in [3.63, 3.8) is 0 Å². The number of nitrogens with zero attached hydrogens (tertiary/aromatic N) is 2. The monoisotopic (exact) mass is 416 g/mol. The first kappa shape index (κ1) is 20.9. The molecule has 5 rings (SSSR count). The maximum atomic E-state index is 5.51. The number of epoxide rings is 4. The van der Waals surface area contributed by atoms with E-state index < -0.39 is 0 Å². The highest BCUT2D eigenvalue weighted by atomic mass is 16.6. The highest BCUT2D eigenvalue weighted by molar-refractivity contribution is 5.34. The summed E-state index contributed by atoms with van der Waals surface area (Å²) in [6.07, 6.45) is 1.62. The van der Waals surface area contributed by atoms with Crippen LogP contribution < -0.4 is 0 Å². The van der Waals surface area contributed by atoms with Gasteiger partial charge in [0, 0.05) is 39.3 Å². The smallest absolute Gasteiger partial charge is 0.0936 e. The van der Waals surface area contributed by atoms with Crippen LogP contribution in [0.1, 0.15) is 37.5 Å². The van der Waals surface area contributed by atoms with Gasteiger partial charge in [0.05, 0.1) is 50.8 Å². The minimum absolute atomic E-state index is 0.124. The highest BCUT2D eigenvalue weighted by Gasteiger charge is 2.32. The van der Waals surface area contributed by atoms with E-state index in [4.69, 9.17) is 18.9 Å². The molecule has 4 saturated heterocycles. The maximum absolute atomic E-state index is 5.51. The van der Waals surface area contributed by atoms with Gasteiger partial charge in [-0.3, -0.25) is 9.80 Å². The van der Waals surface area contributed by atoms with Gasteiger partial charge in [0.25, 0.3) is 0 Å². The van der Waals surface area contributed by atoms with Gasteiger partial charge < -0.3 is 18.9 Å². The van der Waals surface area contributed by atoms with Crippen molar-refractivity contribution < 1.29 is 18.9 Å². The lowest BCUT2D eigenvalue weighted by Gasteiger charge is -2.26. The molecule has 6 heteroatoms. The molecular formula is C24H36N2O4. The number of benzene rings is 1. The van der Waals surface area contributed by atoms with Crippen molar-refractivity contribution in [3.8, 4) is 0 Å². The number of hydrogen-bond donors (Lipinski definition) is 0. The van der Waals surface area contributed by atoms with E-state index >= 15 is 0 Å². The predicted molar refractivity (Wildman–Crippen MR) is 115 cm³/mol. The van der Waals surface area contributed by atoms with Crippen LogP contribution in [0, 0.1) is 0 Å². The summed E-state index contributed by atoms with van der Waals surface area (Å²) in [6.45, 7) is 16.4. The molecule has 4 atom stereocenters. The van der Waals surface area contributed by atoms with E-state index in [1.54, 1.807) is 0 Å². The quantitative estimate of drug-likeness (QED) is 0.487. The van der Waals surface area contributed by atoms with Gasteiger partial charge in [0.15, 0.2) is 0 Å². The average Bonchev–Trinajstić information content (AvgIpc) is 3.50. The van der Waals surface area contributed by atoms with Gasteiger partial charge in [-0.05, 0) is 22.1 Å². The van der Waals surface area contributed by atoms with E-state index in [0.29, 0.717) is 24.4 Å². The van der Waals surface area contributed by atoms with Crippen LogP contribution in [0.3, 0.4) is 0 Å². The zero-order chi connectivity index (χ0) is 20.7. The lowest BCUT2D eigenvalue weighted by Crippen LogP contribution is -2.32. The average molecular weight is 417 g/mol. The second kappa shape index (κ2) is 8.49. The Morgan fingerprint density at radius 3 is 1.27 bits per heavy atom. The van der Waals surface area contributed by atoms with E-state index in [9.17, 15) is 0 Å². The number of hydrogen-bond acceptors (Lipinski definition) is 6. The maximum Gasteiger partial charge on any atom is 0.0936 e. The fraction of sp³-hybridized carbons (Fsp3) is 0.750. The lowest BCUT2D eigenvalue weighted by molar-refractivity contribution is 0.210. The molecule has 1 aromatic rings. The number of ether oxygens (including phenoxy) is 4. The molecule has 0 radical (unpaired) electrons. The van der Waals surface area contributed by atoms with Gasteiger partial charge in [-0.25, -0.2) is 0 Å². The molecular weight excluding hydrogens is 380 g/mol. The Balaban J connectivity index is 1.32. The zero-order valence-corrected chi connectivity index (χ0v) is 18.6. The third-order valence-corrected chi connectivity index (χ3v) is 6.19. The van der Waals surface area contributed by atoms with Crippen molar-refractivity contribution in [2.75, 3.05) is 52.6 Å². The molecule has 6 nitrogen and oxygen atoms in total. The molecule has 4 heterocycles. The van der Waals surface area contributed by atoms with Crippen LogP contribution in [0.25, 0.3) is 0 Å². The Kier molecular flexibility index (Phi) is 5.90. The zero-order valence-electron chi connectivity index (χ0n) is 18.6. The molecule has 166 valence electrons. The molecule has 0 N–H and O–H groups in total. The van der Waals surface area contributed by atoms with Crippen LogP contribution in [0.4, 0.5) is 0 Å². The largest absolute Gasteiger partial charge is 0.372 e. The first-order valence-electron chi connectivity index (χ1n) is 11.5. The minimum Gasteiger partial charge on any atom is -0.372 e. The molecule has 0 bridgehead atoms. The standard InChI is InChI=1S/C24H36N2O4/c1-24(2,3)19-5-17(7-25(9-20-13-27-20)10-21-14-28-21)4-18(6-19)8-26(11-22-15-29-22)12-23-16-30-23/h4-6,20-23H,7-16H2,1-3H3. The van der Waals surface area contributed by atoms with E-state index in [1.807, 2.05) is 0 Å². The van der Waals surface area contributed by atoms with E-state index in [2.05, 4.69) is 48.8 Å². The van der Waals surface area contributed by atoms with Crippen LogP contribution in [-0.4, -0.2) is 86.8 Å². The van der Waals surface area contributed by atoms with Crippen molar-refractivity contribution in [2.45, 2.75) is 63.7 Å². The Morgan fingerprint density at radius 1 is 0.667 bits per heavy atom. The summed E-state index contributed by atoms with van der Waals surface area (Å²) in [5.41, 5.74) is 4.32. The van der Waals surface area contributed by atoms with Gasteiger partial charge in [-0.2, -0.15) is 0 Å². The molecule has 4 aliphatic heterocycles. The second-order valence-electron chi connectivity index (χ2n) is 10.5. The molecule has 4 aliphatic rings. The summed E-state index contributed by atoms with van der Waals surface area (Å²) in [7, 11) is 0. The molecule has 4 fully saturated rings. The van der Waals surface area contributed by atoms with Crippen LogP contribution in [0.5, 0.6) is 0 Å². The van der Waals surface area contributed by atoms with Crippen molar-refractivity contribution >= 4 is 0 Å². The van der Waals surface area contributed by atoms with Gasteiger partial charge in [0.2, 0.25) is 0 Å². The predicted octanol–water partition coefficient (Wildman–Crippen LogP) is 2.18. The van der Waals surface area contributed by atoms with Gasteiger partial charge in [-0.1, -0.05) is 39.0 Å². The summed E-state index contributed by atoms with van der Waals surface area (Å²) in [5.74, 6) is 0. The molecule has 0 saturated carbocycles. The highest BCUT2D eigenvalue weighted by Crippen LogP contribution is 2.27. The first-order chi connectivity index (χ1) is 14.4. The Bertz CT molecular complexity index is 653. The van der Waals surface area contributed by atoms with Crippen molar-refractivity contribution in [1.29, 1.82) is 0 Å². The Hall–Kier alpha value is -1.02. The van der Waals surface area contributed by atoms with Crippen LogP contribution in [0.2, 0.25) is 0 Å². The Morgan fingerprint density at radius 2 is 1.00 bits per heavy atom. The van der Waals surface area contributed by atoms with Gasteiger partial charge >= 0.3 is 0 Å². The van der Waals surface area contributed by atoms with Crippen LogP contribution >= 0.6 is 0 Å². The van der Waals surface area contributed by atoms with E-state index in [1.165, 1.54) is 16.7 Å². The first-order valence-corrected chi connectivity index (χ1v) is 11.5. The summed E-state index contributed by atoms with van der Waals surface area (Å²) in [6, 6.07) is 7.20. The van der Waals surface area contributed by atoms with Gasteiger partial charge in [-0.15, -0.1) is 0 Å². The van der Waals surface area contributed by atoms with Crippen LogP contribution in [0.15, 0.2) is 18.2 Å². The second-order valence-corrected chi connectivity index (χ2v) is 10.5. The number of rotatable bonds is 12. The summed E-state index contributed by atoms with van der Waals surface area (Å²) >= 11 is 0. The fourth-order valence-corrected chi connectivity index (χ4v) is 4.15. The van der Waals surface area contributed by atoms with Crippen molar-refractivity contribution in [1.82, 2.24) is 9.80 Å². The fourth-order valence-electron chi connectivity index (χ4n) is 4.15. The van der Waals surface area contributed by atoms with Crippen molar-refractivity contribution in [3.05, 3.63) is 34.9 Å². The third kappa shape index (κ3) is 6.49. The van der Waals surface area contributed by atoms with E-state index in [-0.39, 0.29) is 5.41 Å². The summed E-state index contributed by atoms with van der Waals surface area (Å²) in [5, 5.41) is 0. The third-order valence-electron chi connectivity index (χ3n) is 6.19. The normalized spacial score (nSPS) is 29.5. The molecule has 0 aromatic heterocycles. The summed E-state index contributed by atoms with van der Waals surface area (Å²) < 4.78 is 22.0. The Labute approximate surface area is 180 Å². The molecule has 0 aliphatic carbocycles. The lowest BCUT2D eigenvalue weighted by atomic mass is 9.85. The molecule has 0 spiro atoms. The van der Waals surface area contributed by atoms with Crippen LogP contribution in [-0.2, 0) is 37.5 Å². The topological polar surface area (TPSA) is 56.6 Å². The molecule has 1 aromatic carbocycles. The minimum atomic E-state index is 0.124. The molecule has 0 amide bonds. The van der Waals surface area contributed by atoms with Crippen molar-refractivity contribution in [2.24, 2.45) is 0 Å². The van der Waals surface area contributed by atoms with E-state index in [0.717, 1.165) is 65.7 Å². The molecule has 4 unspecified atom stereocenters. The SMILES string of the molecule is CC(C)(C)c1cc(CN(CC2CO2)CC2CO2)cc(CN(CC2CO2)CC2CO2)c1. The molecule has 30 heavy (non-hydrogen) atoms.